The minimum Gasteiger partial charge on any atom is -0.323 e. The van der Waals surface area contributed by atoms with Crippen LogP contribution >= 0.6 is 11.3 Å². The van der Waals surface area contributed by atoms with E-state index in [4.69, 9.17) is 4.98 Å². The molecule has 0 radical (unpaired) electrons. The molecule has 1 saturated carbocycles. The van der Waals surface area contributed by atoms with Crippen LogP contribution in [0.1, 0.15) is 56.4 Å². The molecule has 3 fully saturated rings. The van der Waals surface area contributed by atoms with Crippen LogP contribution in [0.5, 0.6) is 0 Å². The summed E-state index contributed by atoms with van der Waals surface area (Å²) in [5.74, 6) is 0.719. The third kappa shape index (κ3) is 3.24. The number of likely N-dealkylation sites (tertiary alicyclic amines) is 1. The van der Waals surface area contributed by atoms with Crippen molar-refractivity contribution in [3.8, 4) is 0 Å². The average molecular weight is 414 g/mol. The lowest BCUT2D eigenvalue weighted by molar-refractivity contribution is -0.912. The van der Waals surface area contributed by atoms with E-state index in [1.54, 1.807) is 11.3 Å². The molecule has 2 saturated heterocycles. The highest BCUT2D eigenvalue weighted by molar-refractivity contribution is 7.18. The van der Waals surface area contributed by atoms with Crippen LogP contribution in [0.2, 0.25) is 0 Å². The second-order valence-corrected chi connectivity index (χ2v) is 10.0. The molecule has 0 bridgehead atoms. The normalized spacial score (nSPS) is 32.9. The highest BCUT2D eigenvalue weighted by atomic mass is 32.1. The van der Waals surface area contributed by atoms with E-state index < -0.39 is 5.54 Å². The van der Waals surface area contributed by atoms with Crippen LogP contribution < -0.4 is 10.2 Å². The van der Waals surface area contributed by atoms with Gasteiger partial charge in [0, 0.05) is 18.8 Å². The van der Waals surface area contributed by atoms with E-state index in [9.17, 15) is 9.59 Å². The largest absolute Gasteiger partial charge is 0.329 e. The van der Waals surface area contributed by atoms with Gasteiger partial charge >= 0.3 is 6.03 Å². The number of piperidine rings is 1. The van der Waals surface area contributed by atoms with E-state index in [0.717, 1.165) is 57.1 Å². The number of imide groups is 1. The summed E-state index contributed by atoms with van der Waals surface area (Å²) in [6, 6.07) is 8.13. The van der Waals surface area contributed by atoms with Crippen molar-refractivity contribution >= 4 is 33.5 Å². The van der Waals surface area contributed by atoms with Crippen LogP contribution in [0.3, 0.4) is 0 Å². The van der Waals surface area contributed by atoms with Gasteiger partial charge in [0.1, 0.15) is 5.54 Å². The number of thiazole rings is 1. The molecule has 154 valence electrons. The summed E-state index contributed by atoms with van der Waals surface area (Å²) >= 11 is 1.80. The molecule has 5 rings (SSSR count). The second kappa shape index (κ2) is 7.36. The third-order valence-electron chi connectivity index (χ3n) is 7.24. The summed E-state index contributed by atoms with van der Waals surface area (Å²) in [6.45, 7) is 4.54. The lowest BCUT2D eigenvalue weighted by Gasteiger charge is -2.37. The standard InChI is InChI=1S/C22H28N4O2S/c1-15-6-4-5-11-22(15)20(27)26(21(28)24-22)14-25-12-9-16(10-13-25)19-23-17-7-2-3-8-18(17)29-19/h2-3,7-8,15-16H,4-6,9-14H2,1H3,(H,24,28)/p+1/t15-,22-/m0/s1. The number of quaternary nitrogens is 1. The minimum absolute atomic E-state index is 0.00972. The minimum atomic E-state index is -0.645. The first-order valence-electron chi connectivity index (χ1n) is 10.9. The van der Waals surface area contributed by atoms with E-state index in [1.165, 1.54) is 19.5 Å². The van der Waals surface area contributed by atoms with Crippen molar-refractivity contribution in [2.24, 2.45) is 5.92 Å². The number of amides is 3. The van der Waals surface area contributed by atoms with Gasteiger partial charge in [-0.1, -0.05) is 31.9 Å². The second-order valence-electron chi connectivity index (χ2n) is 8.98. The van der Waals surface area contributed by atoms with Gasteiger partial charge in [0.2, 0.25) is 0 Å². The molecule has 2 atom stereocenters. The molecule has 2 aliphatic heterocycles. The number of fused-ring (bicyclic) bond motifs is 1. The highest BCUT2D eigenvalue weighted by Crippen LogP contribution is 2.38. The fourth-order valence-corrected chi connectivity index (χ4v) is 6.49. The Labute approximate surface area is 175 Å². The molecule has 6 nitrogen and oxygen atoms in total. The molecule has 0 unspecified atom stereocenters. The topological polar surface area (TPSA) is 66.7 Å². The van der Waals surface area contributed by atoms with Gasteiger partial charge < -0.3 is 10.2 Å². The molecule has 1 aromatic heterocycles. The Morgan fingerprint density at radius 2 is 2.00 bits per heavy atom. The van der Waals surface area contributed by atoms with Crippen LogP contribution in [-0.4, -0.2) is 47.1 Å². The predicted octanol–water partition coefficient (Wildman–Crippen LogP) is 2.52. The van der Waals surface area contributed by atoms with E-state index >= 15 is 0 Å². The van der Waals surface area contributed by atoms with Gasteiger partial charge in [-0.15, -0.1) is 11.3 Å². The summed E-state index contributed by atoms with van der Waals surface area (Å²) < 4.78 is 1.25. The van der Waals surface area contributed by atoms with E-state index in [-0.39, 0.29) is 17.9 Å². The van der Waals surface area contributed by atoms with Gasteiger partial charge in [0.05, 0.1) is 28.3 Å². The SMILES string of the molecule is C[C@H]1CCCC[C@]12NC(=O)N(C[NH+]1CCC(c3nc4ccccc4s3)CC1)C2=O. The zero-order chi connectivity index (χ0) is 20.0. The maximum Gasteiger partial charge on any atom is 0.329 e. The zero-order valence-corrected chi connectivity index (χ0v) is 17.8. The Hall–Kier alpha value is -1.99. The Kier molecular flexibility index (Phi) is 4.82. The van der Waals surface area contributed by atoms with E-state index in [0.29, 0.717) is 12.6 Å². The molecule has 2 N–H and O–H groups in total. The maximum atomic E-state index is 13.2. The monoisotopic (exact) mass is 413 g/mol. The lowest BCUT2D eigenvalue weighted by atomic mass is 9.73. The fraction of sp³-hybridized carbons (Fsp3) is 0.591. The fourth-order valence-electron chi connectivity index (χ4n) is 5.36. The van der Waals surface area contributed by atoms with Crippen LogP contribution in [0.25, 0.3) is 10.2 Å². The van der Waals surface area contributed by atoms with Gasteiger partial charge in [-0.3, -0.25) is 4.79 Å². The Morgan fingerprint density at radius 1 is 1.21 bits per heavy atom. The summed E-state index contributed by atoms with van der Waals surface area (Å²) in [6.07, 6.45) is 6.08. The molecule has 2 aromatic rings. The first-order chi connectivity index (χ1) is 14.1. The number of rotatable bonds is 3. The first-order valence-corrected chi connectivity index (χ1v) is 11.7. The highest BCUT2D eigenvalue weighted by Gasteiger charge is 2.55. The number of carbonyl (C=O) groups excluding carboxylic acids is 2. The third-order valence-corrected chi connectivity index (χ3v) is 8.43. The molecule has 7 heteroatoms. The number of nitrogens with one attached hydrogen (secondary N) is 2. The van der Waals surface area contributed by atoms with Gasteiger partial charge in [-0.25, -0.2) is 14.7 Å². The smallest absolute Gasteiger partial charge is 0.323 e. The summed E-state index contributed by atoms with van der Waals surface area (Å²) in [7, 11) is 0. The molecule has 3 aliphatic rings. The van der Waals surface area contributed by atoms with Crippen LogP contribution in [0.15, 0.2) is 24.3 Å². The van der Waals surface area contributed by atoms with Gasteiger partial charge in [0.25, 0.3) is 5.91 Å². The molecule has 3 heterocycles. The molecule has 3 amide bonds. The van der Waals surface area contributed by atoms with Gasteiger partial charge in [0.15, 0.2) is 6.67 Å². The molecule has 1 aromatic carbocycles. The molecule has 1 aliphatic carbocycles. The summed E-state index contributed by atoms with van der Waals surface area (Å²) in [5, 5.41) is 4.31. The molecule has 1 spiro atoms. The summed E-state index contributed by atoms with van der Waals surface area (Å²) in [5.41, 5.74) is 0.446. The van der Waals surface area contributed by atoms with Crippen molar-refractivity contribution in [2.45, 2.75) is 56.9 Å². The molecular weight excluding hydrogens is 384 g/mol. The number of carbonyl (C=O) groups is 2. The maximum absolute atomic E-state index is 13.2. The van der Waals surface area contributed by atoms with Crippen molar-refractivity contribution in [3.63, 3.8) is 0 Å². The average Bonchev–Trinajstić information content (AvgIpc) is 3.26. The lowest BCUT2D eigenvalue weighted by Crippen LogP contribution is -3.14. The number of urea groups is 1. The van der Waals surface area contributed by atoms with Crippen molar-refractivity contribution in [3.05, 3.63) is 29.3 Å². The Morgan fingerprint density at radius 3 is 2.76 bits per heavy atom. The van der Waals surface area contributed by atoms with Gasteiger partial charge in [-0.05, 0) is 30.9 Å². The number of aromatic nitrogens is 1. The number of benzene rings is 1. The predicted molar refractivity (Wildman–Crippen MR) is 113 cm³/mol. The van der Waals surface area contributed by atoms with E-state index in [1.807, 2.05) is 6.07 Å². The van der Waals surface area contributed by atoms with Crippen LogP contribution in [-0.2, 0) is 4.79 Å². The molecule has 29 heavy (non-hydrogen) atoms. The van der Waals surface area contributed by atoms with E-state index in [2.05, 4.69) is 30.4 Å². The number of para-hydroxylation sites is 1. The van der Waals surface area contributed by atoms with Crippen molar-refractivity contribution in [2.75, 3.05) is 19.8 Å². The molecular formula is C22H29N4O2S+. The Bertz CT molecular complexity index is 903. The number of hydrogen-bond donors (Lipinski definition) is 2. The van der Waals surface area contributed by atoms with Crippen molar-refractivity contribution in [1.29, 1.82) is 0 Å². The number of nitrogens with zero attached hydrogens (tertiary/aromatic N) is 2. The first kappa shape index (κ1) is 19.0. The van der Waals surface area contributed by atoms with Gasteiger partial charge in [-0.2, -0.15) is 0 Å². The van der Waals surface area contributed by atoms with Crippen LogP contribution in [0.4, 0.5) is 4.79 Å². The van der Waals surface area contributed by atoms with Crippen LogP contribution in [0, 0.1) is 5.92 Å². The zero-order valence-electron chi connectivity index (χ0n) is 16.9. The Balaban J connectivity index is 1.22. The van der Waals surface area contributed by atoms with Crippen molar-refractivity contribution in [1.82, 2.24) is 15.2 Å². The van der Waals surface area contributed by atoms with Crippen molar-refractivity contribution < 1.29 is 14.5 Å². The summed E-state index contributed by atoms with van der Waals surface area (Å²) in [4.78, 5) is 33.5. The number of hydrogen-bond acceptors (Lipinski definition) is 4. The quantitative estimate of drug-likeness (QED) is 0.760.